The zero-order valence-electron chi connectivity index (χ0n) is 12.3. The van der Waals surface area contributed by atoms with Gasteiger partial charge in [0.05, 0.1) is 11.6 Å². The fraction of sp³-hybridized carbons (Fsp3) is 0.562. The lowest BCUT2D eigenvalue weighted by atomic mass is 9.90. The van der Waals surface area contributed by atoms with Crippen molar-refractivity contribution in [2.24, 2.45) is 5.92 Å². The molecule has 1 heterocycles. The van der Waals surface area contributed by atoms with Crippen LogP contribution in [0, 0.1) is 5.92 Å². The number of hydrogen-bond donors (Lipinski definition) is 1. The summed E-state index contributed by atoms with van der Waals surface area (Å²) >= 11 is 3.56. The van der Waals surface area contributed by atoms with E-state index in [0.717, 1.165) is 22.9 Å². The van der Waals surface area contributed by atoms with E-state index >= 15 is 0 Å². The Morgan fingerprint density at radius 2 is 2.10 bits per heavy atom. The number of carbonyl (C=O) groups is 1. The summed E-state index contributed by atoms with van der Waals surface area (Å²) in [7, 11) is 0. The quantitative estimate of drug-likeness (QED) is 0.913. The van der Waals surface area contributed by atoms with E-state index in [0.29, 0.717) is 6.61 Å². The van der Waals surface area contributed by atoms with Crippen LogP contribution in [0.25, 0.3) is 0 Å². The highest BCUT2D eigenvalue weighted by Gasteiger charge is 2.31. The molecular weight excluding hydrogens is 318 g/mol. The van der Waals surface area contributed by atoms with Crippen molar-refractivity contribution in [2.45, 2.75) is 45.3 Å². The number of ether oxygens (including phenoxy) is 1. The van der Waals surface area contributed by atoms with Gasteiger partial charge in [0, 0.05) is 17.0 Å². The van der Waals surface area contributed by atoms with Crippen LogP contribution in [0.4, 0.5) is 0 Å². The minimum absolute atomic E-state index is 0.0560. The van der Waals surface area contributed by atoms with Crippen molar-refractivity contribution in [3.63, 3.8) is 0 Å². The SMILES string of the molecule is C[C@@H]1C[C@H](C(=O)NC(C)(C)c2ccccc2Br)CCO1. The summed E-state index contributed by atoms with van der Waals surface area (Å²) in [6.07, 6.45) is 1.78. The van der Waals surface area contributed by atoms with Crippen molar-refractivity contribution in [1.29, 1.82) is 0 Å². The molecule has 1 amide bonds. The number of halogens is 1. The Balaban J connectivity index is 2.08. The summed E-state index contributed by atoms with van der Waals surface area (Å²) in [6, 6.07) is 8.01. The average molecular weight is 340 g/mol. The van der Waals surface area contributed by atoms with Gasteiger partial charge < -0.3 is 10.1 Å². The van der Waals surface area contributed by atoms with E-state index in [1.54, 1.807) is 0 Å². The van der Waals surface area contributed by atoms with Crippen LogP contribution in [-0.2, 0) is 15.1 Å². The van der Waals surface area contributed by atoms with Crippen LogP contribution in [0.15, 0.2) is 28.7 Å². The summed E-state index contributed by atoms with van der Waals surface area (Å²) < 4.78 is 6.52. The number of amides is 1. The van der Waals surface area contributed by atoms with Crippen molar-refractivity contribution in [3.05, 3.63) is 34.3 Å². The number of benzene rings is 1. The number of hydrogen-bond acceptors (Lipinski definition) is 2. The molecule has 4 heteroatoms. The maximum Gasteiger partial charge on any atom is 0.223 e. The molecule has 20 heavy (non-hydrogen) atoms. The smallest absolute Gasteiger partial charge is 0.223 e. The van der Waals surface area contributed by atoms with E-state index in [9.17, 15) is 4.79 Å². The van der Waals surface area contributed by atoms with Crippen molar-refractivity contribution in [3.8, 4) is 0 Å². The van der Waals surface area contributed by atoms with E-state index < -0.39 is 5.54 Å². The third kappa shape index (κ3) is 3.61. The van der Waals surface area contributed by atoms with Crippen LogP contribution in [-0.4, -0.2) is 18.6 Å². The van der Waals surface area contributed by atoms with Crippen LogP contribution in [0.2, 0.25) is 0 Å². The standard InChI is InChI=1S/C16H22BrNO2/c1-11-10-12(8-9-20-11)15(19)18-16(2,3)13-6-4-5-7-14(13)17/h4-7,11-12H,8-10H2,1-3H3,(H,18,19)/t11-,12-/m1/s1. The molecule has 1 N–H and O–H groups in total. The van der Waals surface area contributed by atoms with Gasteiger partial charge in [-0.1, -0.05) is 34.1 Å². The number of nitrogens with one attached hydrogen (secondary N) is 1. The molecule has 0 aromatic heterocycles. The lowest BCUT2D eigenvalue weighted by molar-refractivity contribution is -0.131. The van der Waals surface area contributed by atoms with Crippen LogP contribution in [0.3, 0.4) is 0 Å². The first-order chi connectivity index (χ1) is 9.40. The molecule has 1 aliphatic heterocycles. The summed E-state index contributed by atoms with van der Waals surface area (Å²) in [5, 5.41) is 3.18. The van der Waals surface area contributed by atoms with Crippen molar-refractivity contribution in [2.75, 3.05) is 6.61 Å². The molecule has 0 spiro atoms. The van der Waals surface area contributed by atoms with Gasteiger partial charge in [0.2, 0.25) is 5.91 Å². The fourth-order valence-electron chi connectivity index (χ4n) is 2.68. The molecule has 0 bridgehead atoms. The molecule has 0 unspecified atom stereocenters. The molecule has 2 atom stereocenters. The van der Waals surface area contributed by atoms with Gasteiger partial charge in [0.1, 0.15) is 0 Å². The highest BCUT2D eigenvalue weighted by Crippen LogP contribution is 2.29. The van der Waals surface area contributed by atoms with Gasteiger partial charge >= 0.3 is 0 Å². The molecule has 0 radical (unpaired) electrons. The summed E-state index contributed by atoms with van der Waals surface area (Å²) in [6.45, 7) is 6.77. The van der Waals surface area contributed by atoms with E-state index in [1.807, 2.05) is 45.0 Å². The Labute approximate surface area is 129 Å². The maximum atomic E-state index is 12.5. The Morgan fingerprint density at radius 3 is 2.75 bits per heavy atom. The minimum atomic E-state index is -0.390. The van der Waals surface area contributed by atoms with Gasteiger partial charge in [-0.05, 0) is 45.2 Å². The van der Waals surface area contributed by atoms with Gasteiger partial charge in [-0.2, -0.15) is 0 Å². The largest absolute Gasteiger partial charge is 0.378 e. The van der Waals surface area contributed by atoms with E-state index in [4.69, 9.17) is 4.74 Å². The molecule has 0 aliphatic carbocycles. The normalized spacial score (nSPS) is 23.4. The maximum absolute atomic E-state index is 12.5. The Bertz CT molecular complexity index is 487. The van der Waals surface area contributed by atoms with Crippen molar-refractivity contribution in [1.82, 2.24) is 5.32 Å². The van der Waals surface area contributed by atoms with Gasteiger partial charge in [0.15, 0.2) is 0 Å². The molecular formula is C16H22BrNO2. The molecule has 1 aromatic rings. The first kappa shape index (κ1) is 15.5. The van der Waals surface area contributed by atoms with E-state index in [1.165, 1.54) is 0 Å². The first-order valence-corrected chi connectivity index (χ1v) is 7.88. The van der Waals surface area contributed by atoms with Crippen LogP contribution in [0.5, 0.6) is 0 Å². The van der Waals surface area contributed by atoms with Crippen molar-refractivity contribution >= 4 is 21.8 Å². The molecule has 110 valence electrons. The summed E-state index contributed by atoms with van der Waals surface area (Å²) in [4.78, 5) is 12.5. The molecule has 1 fully saturated rings. The second kappa shape index (κ2) is 6.27. The fourth-order valence-corrected chi connectivity index (χ4v) is 3.46. The molecule has 1 aliphatic rings. The zero-order chi connectivity index (χ0) is 14.8. The molecule has 1 saturated heterocycles. The van der Waals surface area contributed by atoms with Gasteiger partial charge in [-0.25, -0.2) is 0 Å². The lowest BCUT2D eigenvalue weighted by Gasteiger charge is -2.32. The minimum Gasteiger partial charge on any atom is -0.378 e. The summed E-state index contributed by atoms with van der Waals surface area (Å²) in [5.74, 6) is 0.182. The average Bonchev–Trinajstić information content (AvgIpc) is 2.38. The van der Waals surface area contributed by atoms with Crippen LogP contribution in [0.1, 0.15) is 39.2 Å². The Hall–Kier alpha value is -0.870. The van der Waals surface area contributed by atoms with E-state index in [-0.39, 0.29) is 17.9 Å². The summed E-state index contributed by atoms with van der Waals surface area (Å²) in [5.41, 5.74) is 0.701. The topological polar surface area (TPSA) is 38.3 Å². The third-order valence-electron chi connectivity index (χ3n) is 3.84. The predicted molar refractivity (Wildman–Crippen MR) is 83.4 cm³/mol. The van der Waals surface area contributed by atoms with Gasteiger partial charge in [0.25, 0.3) is 0 Å². The molecule has 2 rings (SSSR count). The van der Waals surface area contributed by atoms with Crippen LogP contribution < -0.4 is 5.32 Å². The molecule has 0 saturated carbocycles. The van der Waals surface area contributed by atoms with Crippen molar-refractivity contribution < 1.29 is 9.53 Å². The monoisotopic (exact) mass is 339 g/mol. The lowest BCUT2D eigenvalue weighted by Crippen LogP contribution is -2.46. The molecule has 3 nitrogen and oxygen atoms in total. The predicted octanol–water partition coefficient (Wildman–Crippen LogP) is 3.62. The van der Waals surface area contributed by atoms with E-state index in [2.05, 4.69) is 21.2 Å². The molecule has 1 aromatic carbocycles. The highest BCUT2D eigenvalue weighted by atomic mass is 79.9. The van der Waals surface area contributed by atoms with Gasteiger partial charge in [-0.15, -0.1) is 0 Å². The zero-order valence-corrected chi connectivity index (χ0v) is 13.9. The highest BCUT2D eigenvalue weighted by molar-refractivity contribution is 9.10. The van der Waals surface area contributed by atoms with Gasteiger partial charge in [-0.3, -0.25) is 4.79 Å². The third-order valence-corrected chi connectivity index (χ3v) is 4.53. The first-order valence-electron chi connectivity index (χ1n) is 7.09. The second-order valence-electron chi connectivity index (χ2n) is 6.00. The van der Waals surface area contributed by atoms with Crippen LogP contribution >= 0.6 is 15.9 Å². The number of carbonyl (C=O) groups excluding carboxylic acids is 1. The number of rotatable bonds is 3. The second-order valence-corrected chi connectivity index (χ2v) is 6.85. The Morgan fingerprint density at radius 1 is 1.40 bits per heavy atom. The Kier molecular flexibility index (Phi) is 4.86.